The third-order valence-corrected chi connectivity index (χ3v) is 8.98. The van der Waals surface area contributed by atoms with Gasteiger partial charge < -0.3 is 10.1 Å². The summed E-state index contributed by atoms with van der Waals surface area (Å²) in [5.74, 6) is -1.55. The number of anilines is 2. The predicted molar refractivity (Wildman–Crippen MR) is 147 cm³/mol. The SMILES string of the molecule is O=C(COC(=O)c1ccc(N2C(=O)[C@@H]3[C@@H]4C[C@@H]([C@H]3C2=O)[C@H](c2ccccc2)C4)cc1)Nc1cccc(Cl)c1Cl. The molecule has 0 radical (unpaired) electrons. The molecule has 6 rings (SSSR count). The van der Waals surface area contributed by atoms with Crippen LogP contribution in [0, 0.1) is 23.7 Å². The standard InChI is InChI=1S/C30H24Cl2N2O5/c31-22-7-4-8-23(27(22)32)33-24(35)15-39-30(38)17-9-11-19(12-10-17)34-28(36)25-18-13-20(16-5-2-1-3-6-16)21(14-18)26(25)29(34)37/h1-12,18,20-21,25-26H,13-15H2,(H,33,35)/t18-,20-,21+,25+,26+/m0/s1. The summed E-state index contributed by atoms with van der Waals surface area (Å²) in [6.07, 6.45) is 1.83. The highest BCUT2D eigenvalue weighted by atomic mass is 35.5. The molecule has 1 N–H and O–H groups in total. The second-order valence-electron chi connectivity index (χ2n) is 10.2. The Balaban J connectivity index is 1.10. The van der Waals surface area contributed by atoms with Gasteiger partial charge in [-0.05, 0) is 72.6 Å². The van der Waals surface area contributed by atoms with E-state index in [0.29, 0.717) is 17.3 Å². The van der Waals surface area contributed by atoms with Gasteiger partial charge in [-0.15, -0.1) is 0 Å². The van der Waals surface area contributed by atoms with Crippen LogP contribution in [0.15, 0.2) is 72.8 Å². The average Bonchev–Trinajstić information content (AvgIpc) is 3.62. The van der Waals surface area contributed by atoms with Gasteiger partial charge in [0.15, 0.2) is 6.61 Å². The molecule has 2 saturated carbocycles. The van der Waals surface area contributed by atoms with Gasteiger partial charge >= 0.3 is 5.97 Å². The number of halogens is 2. The normalized spacial score (nSPS) is 25.1. The molecule has 2 aliphatic carbocycles. The van der Waals surface area contributed by atoms with Crippen molar-refractivity contribution >= 4 is 58.3 Å². The van der Waals surface area contributed by atoms with Gasteiger partial charge in [-0.1, -0.05) is 59.6 Å². The van der Waals surface area contributed by atoms with Gasteiger partial charge in [0.1, 0.15) is 0 Å². The number of esters is 1. The molecule has 1 aliphatic heterocycles. The fraction of sp³-hybridized carbons (Fsp3) is 0.267. The first kappa shape index (κ1) is 25.6. The molecule has 9 heteroatoms. The second-order valence-corrected chi connectivity index (χ2v) is 11.0. The van der Waals surface area contributed by atoms with Gasteiger partial charge in [-0.2, -0.15) is 0 Å². The number of nitrogens with one attached hydrogen (secondary N) is 1. The maximum Gasteiger partial charge on any atom is 0.338 e. The van der Waals surface area contributed by atoms with Crippen LogP contribution in [0.25, 0.3) is 0 Å². The van der Waals surface area contributed by atoms with E-state index in [-0.39, 0.29) is 51.1 Å². The summed E-state index contributed by atoms with van der Waals surface area (Å²) in [7, 11) is 0. The van der Waals surface area contributed by atoms with E-state index in [4.69, 9.17) is 27.9 Å². The number of fused-ring (bicyclic) bond motifs is 5. The number of carbonyl (C=O) groups excluding carboxylic acids is 4. The summed E-state index contributed by atoms with van der Waals surface area (Å²) in [6, 6.07) is 21.1. The number of hydrogen-bond acceptors (Lipinski definition) is 5. The Morgan fingerprint density at radius 3 is 2.33 bits per heavy atom. The molecule has 3 aliphatic rings. The van der Waals surface area contributed by atoms with Crippen molar-refractivity contribution in [3.63, 3.8) is 0 Å². The van der Waals surface area contributed by atoms with Crippen LogP contribution in [0.4, 0.5) is 11.4 Å². The molecule has 0 aromatic heterocycles. The summed E-state index contributed by atoms with van der Waals surface area (Å²) < 4.78 is 5.12. The third-order valence-electron chi connectivity index (χ3n) is 8.16. The molecular formula is C30H24Cl2N2O5. The van der Waals surface area contributed by atoms with Crippen LogP contribution in [0.1, 0.15) is 34.7 Å². The van der Waals surface area contributed by atoms with Crippen molar-refractivity contribution in [1.29, 1.82) is 0 Å². The van der Waals surface area contributed by atoms with E-state index >= 15 is 0 Å². The van der Waals surface area contributed by atoms with E-state index in [2.05, 4.69) is 17.4 Å². The van der Waals surface area contributed by atoms with Crippen molar-refractivity contribution in [3.05, 3.63) is 94.0 Å². The first-order valence-corrected chi connectivity index (χ1v) is 13.5. The lowest BCUT2D eigenvalue weighted by Crippen LogP contribution is -2.33. The Labute approximate surface area is 235 Å². The number of nitrogens with zero attached hydrogens (tertiary/aromatic N) is 1. The van der Waals surface area contributed by atoms with Crippen LogP contribution < -0.4 is 10.2 Å². The molecule has 1 heterocycles. The van der Waals surface area contributed by atoms with Gasteiger partial charge in [0, 0.05) is 0 Å². The van der Waals surface area contributed by atoms with Crippen LogP contribution in [-0.2, 0) is 19.1 Å². The molecule has 2 bridgehead atoms. The number of rotatable bonds is 6. The molecule has 198 valence electrons. The Kier molecular flexibility index (Phi) is 6.65. The quantitative estimate of drug-likeness (QED) is 0.306. The van der Waals surface area contributed by atoms with Crippen molar-refractivity contribution in [2.45, 2.75) is 18.8 Å². The van der Waals surface area contributed by atoms with E-state index in [9.17, 15) is 19.2 Å². The van der Waals surface area contributed by atoms with Crippen LogP contribution in [-0.4, -0.2) is 30.3 Å². The molecule has 1 saturated heterocycles. The zero-order valence-electron chi connectivity index (χ0n) is 20.7. The van der Waals surface area contributed by atoms with Crippen LogP contribution in [0.3, 0.4) is 0 Å². The summed E-state index contributed by atoms with van der Waals surface area (Å²) in [5.41, 5.74) is 2.16. The van der Waals surface area contributed by atoms with E-state index in [1.807, 2.05) is 18.2 Å². The highest BCUT2D eigenvalue weighted by Crippen LogP contribution is 2.61. The smallest absolute Gasteiger partial charge is 0.338 e. The van der Waals surface area contributed by atoms with Crippen molar-refractivity contribution < 1.29 is 23.9 Å². The largest absolute Gasteiger partial charge is 0.452 e. The number of benzene rings is 3. The fourth-order valence-corrected chi connectivity index (χ4v) is 6.89. The molecule has 39 heavy (non-hydrogen) atoms. The molecule has 0 unspecified atom stereocenters. The molecule has 3 aromatic rings. The topological polar surface area (TPSA) is 92.8 Å². The van der Waals surface area contributed by atoms with E-state index < -0.39 is 18.5 Å². The van der Waals surface area contributed by atoms with Crippen LogP contribution >= 0.6 is 23.2 Å². The third kappa shape index (κ3) is 4.49. The van der Waals surface area contributed by atoms with Gasteiger partial charge in [0.25, 0.3) is 5.91 Å². The molecule has 0 spiro atoms. The summed E-state index contributed by atoms with van der Waals surface area (Å²) in [6.45, 7) is -0.527. The molecular weight excluding hydrogens is 539 g/mol. The lowest BCUT2D eigenvalue weighted by molar-refractivity contribution is -0.123. The molecule has 3 aromatic carbocycles. The number of ether oxygens (including phenoxy) is 1. The maximum atomic E-state index is 13.5. The molecule has 3 amide bonds. The maximum absolute atomic E-state index is 13.5. The summed E-state index contributed by atoms with van der Waals surface area (Å²) in [5, 5.41) is 3.02. The molecule has 5 atom stereocenters. The minimum absolute atomic E-state index is 0.157. The highest BCUT2D eigenvalue weighted by Gasteiger charge is 2.64. The van der Waals surface area contributed by atoms with Crippen molar-refractivity contribution in [2.75, 3.05) is 16.8 Å². The molecule has 3 fully saturated rings. The Morgan fingerprint density at radius 2 is 1.59 bits per heavy atom. The first-order chi connectivity index (χ1) is 18.8. The van der Waals surface area contributed by atoms with Gasteiger partial charge in [0.05, 0.1) is 38.8 Å². The lowest BCUT2D eigenvalue weighted by atomic mass is 9.73. The Hall–Kier alpha value is -3.68. The number of amides is 3. The van der Waals surface area contributed by atoms with E-state index in [1.165, 1.54) is 22.6 Å². The van der Waals surface area contributed by atoms with E-state index in [1.54, 1.807) is 30.3 Å². The number of imide groups is 1. The highest BCUT2D eigenvalue weighted by molar-refractivity contribution is 6.44. The summed E-state index contributed by atoms with van der Waals surface area (Å²) in [4.78, 5) is 52.9. The van der Waals surface area contributed by atoms with E-state index in [0.717, 1.165) is 12.8 Å². The van der Waals surface area contributed by atoms with Crippen LogP contribution in [0.5, 0.6) is 0 Å². The van der Waals surface area contributed by atoms with Gasteiger partial charge in [-0.3, -0.25) is 19.3 Å². The molecule has 7 nitrogen and oxygen atoms in total. The first-order valence-electron chi connectivity index (χ1n) is 12.8. The average molecular weight is 563 g/mol. The monoisotopic (exact) mass is 562 g/mol. The zero-order chi connectivity index (χ0) is 27.3. The fourth-order valence-electron chi connectivity index (χ4n) is 6.55. The predicted octanol–water partition coefficient (Wildman–Crippen LogP) is 5.72. The minimum Gasteiger partial charge on any atom is -0.452 e. The second kappa shape index (κ2) is 10.1. The summed E-state index contributed by atoms with van der Waals surface area (Å²) >= 11 is 12.0. The van der Waals surface area contributed by atoms with Crippen molar-refractivity contribution in [2.24, 2.45) is 23.7 Å². The zero-order valence-corrected chi connectivity index (χ0v) is 22.2. The number of carbonyl (C=O) groups is 4. The Bertz CT molecular complexity index is 1480. The Morgan fingerprint density at radius 1 is 0.872 bits per heavy atom. The van der Waals surface area contributed by atoms with Crippen molar-refractivity contribution in [3.8, 4) is 0 Å². The van der Waals surface area contributed by atoms with Crippen molar-refractivity contribution in [1.82, 2.24) is 0 Å². The lowest BCUT2D eigenvalue weighted by Gasteiger charge is -2.28. The number of hydrogen-bond donors (Lipinski definition) is 1. The minimum atomic E-state index is -0.714. The van der Waals surface area contributed by atoms with Crippen LogP contribution in [0.2, 0.25) is 10.0 Å². The van der Waals surface area contributed by atoms with Gasteiger partial charge in [-0.25, -0.2) is 4.79 Å². The van der Waals surface area contributed by atoms with Gasteiger partial charge in [0.2, 0.25) is 11.8 Å².